The summed E-state index contributed by atoms with van der Waals surface area (Å²) < 4.78 is 5.17. The highest BCUT2D eigenvalue weighted by Gasteiger charge is 2.36. The van der Waals surface area contributed by atoms with Crippen molar-refractivity contribution in [1.82, 2.24) is 0 Å². The maximum atomic E-state index is 13.3. The first kappa shape index (κ1) is 24.3. The molecule has 3 aromatic rings. The molecule has 0 spiro atoms. The van der Waals surface area contributed by atoms with Crippen LogP contribution in [0.15, 0.2) is 97.1 Å². The Labute approximate surface area is 198 Å². The number of nitrogens with zero attached hydrogens (tertiary/aromatic N) is 1. The third-order valence-corrected chi connectivity index (χ3v) is 5.38. The van der Waals surface area contributed by atoms with Crippen molar-refractivity contribution >= 4 is 23.7 Å². The summed E-state index contributed by atoms with van der Waals surface area (Å²) in [6.07, 6.45) is 5.87. The molecule has 0 aliphatic heterocycles. The predicted molar refractivity (Wildman–Crippen MR) is 132 cm³/mol. The van der Waals surface area contributed by atoms with Crippen LogP contribution in [0.4, 0.5) is 0 Å². The molecule has 0 heterocycles. The maximum absolute atomic E-state index is 13.3. The molecule has 0 aliphatic carbocycles. The quantitative estimate of drug-likeness (QED) is 0.171. The van der Waals surface area contributed by atoms with Crippen LogP contribution in [0.1, 0.15) is 22.6 Å². The van der Waals surface area contributed by atoms with Crippen molar-refractivity contribution in [2.24, 2.45) is 5.92 Å². The predicted octanol–water partition coefficient (Wildman–Crippen LogP) is 5.24. The van der Waals surface area contributed by atoms with Crippen LogP contribution in [0.3, 0.4) is 0 Å². The van der Waals surface area contributed by atoms with E-state index in [1.807, 2.05) is 60.7 Å². The molecule has 0 aromatic heterocycles. The summed E-state index contributed by atoms with van der Waals surface area (Å²) in [4.78, 5) is 37.6. The van der Waals surface area contributed by atoms with Crippen LogP contribution in [-0.2, 0) is 9.59 Å². The normalized spacial score (nSPS) is 12.2. The monoisotopic (exact) mass is 455 g/mol. The molecule has 34 heavy (non-hydrogen) atoms. The summed E-state index contributed by atoms with van der Waals surface area (Å²) >= 11 is 0. The number of nitro groups is 1. The highest BCUT2D eigenvalue weighted by atomic mass is 16.6. The van der Waals surface area contributed by atoms with E-state index in [1.165, 1.54) is 19.3 Å². The van der Waals surface area contributed by atoms with Gasteiger partial charge in [-0.25, -0.2) is 0 Å². The van der Waals surface area contributed by atoms with Crippen molar-refractivity contribution in [3.63, 3.8) is 0 Å². The zero-order valence-electron chi connectivity index (χ0n) is 18.7. The molecule has 0 amide bonds. The van der Waals surface area contributed by atoms with Gasteiger partial charge in [-0.1, -0.05) is 84.9 Å². The van der Waals surface area contributed by atoms with Crippen molar-refractivity contribution in [3.05, 3.63) is 124 Å². The van der Waals surface area contributed by atoms with Gasteiger partial charge in [-0.2, -0.15) is 0 Å². The van der Waals surface area contributed by atoms with Crippen LogP contribution < -0.4 is 4.74 Å². The smallest absolute Gasteiger partial charge is 0.211 e. The van der Waals surface area contributed by atoms with E-state index in [4.69, 9.17) is 4.74 Å². The van der Waals surface area contributed by atoms with Gasteiger partial charge >= 0.3 is 0 Å². The van der Waals surface area contributed by atoms with E-state index in [9.17, 15) is 19.7 Å². The van der Waals surface area contributed by atoms with E-state index in [1.54, 1.807) is 36.4 Å². The number of benzene rings is 3. The Kier molecular flexibility index (Phi) is 8.63. The molecule has 172 valence electrons. The number of carbonyl (C=O) groups excluding carboxylic acids is 2. The molecule has 0 unspecified atom stereocenters. The second-order valence-corrected chi connectivity index (χ2v) is 7.67. The number of hydrogen-bond donors (Lipinski definition) is 0. The van der Waals surface area contributed by atoms with E-state index >= 15 is 0 Å². The van der Waals surface area contributed by atoms with Crippen molar-refractivity contribution in [2.75, 3.05) is 13.7 Å². The number of ether oxygens (including phenoxy) is 1. The molecule has 0 saturated heterocycles. The molecule has 3 rings (SSSR count). The fourth-order valence-electron chi connectivity index (χ4n) is 3.64. The van der Waals surface area contributed by atoms with Gasteiger partial charge in [0.1, 0.15) is 5.75 Å². The lowest BCUT2D eigenvalue weighted by Crippen LogP contribution is -2.32. The van der Waals surface area contributed by atoms with Gasteiger partial charge in [0, 0.05) is 4.92 Å². The van der Waals surface area contributed by atoms with Gasteiger partial charge in [-0.3, -0.25) is 19.7 Å². The molecule has 0 aliphatic rings. The minimum atomic E-state index is -1.25. The topological polar surface area (TPSA) is 86.5 Å². The number of ketones is 2. The second-order valence-electron chi connectivity index (χ2n) is 7.67. The number of allylic oxidation sites excluding steroid dienone is 2. The lowest BCUT2D eigenvalue weighted by Gasteiger charge is -2.21. The minimum Gasteiger partial charge on any atom is -0.497 e. The molecule has 0 saturated carbocycles. The highest BCUT2D eigenvalue weighted by molar-refractivity contribution is 6.14. The van der Waals surface area contributed by atoms with E-state index in [-0.39, 0.29) is 0 Å². The molecule has 0 N–H and O–H groups in total. The Bertz CT molecular complexity index is 1110. The fourth-order valence-corrected chi connectivity index (χ4v) is 3.64. The number of hydrogen-bond acceptors (Lipinski definition) is 5. The van der Waals surface area contributed by atoms with Crippen LogP contribution in [-0.4, -0.2) is 30.1 Å². The third-order valence-electron chi connectivity index (χ3n) is 5.38. The first-order valence-corrected chi connectivity index (χ1v) is 10.8. The van der Waals surface area contributed by atoms with Crippen LogP contribution in [0.2, 0.25) is 0 Å². The second kappa shape index (κ2) is 12.1. The van der Waals surface area contributed by atoms with E-state index in [0.29, 0.717) is 11.3 Å². The summed E-state index contributed by atoms with van der Waals surface area (Å²) in [7, 11) is 1.52. The molecular formula is C28H25NO5. The Balaban J connectivity index is 1.99. The largest absolute Gasteiger partial charge is 0.497 e. The van der Waals surface area contributed by atoms with Crippen LogP contribution in [0, 0.1) is 16.0 Å². The van der Waals surface area contributed by atoms with Gasteiger partial charge in [0.05, 0.1) is 18.9 Å². The Hall–Kier alpha value is -4.32. The van der Waals surface area contributed by atoms with Crippen molar-refractivity contribution in [3.8, 4) is 5.75 Å². The van der Waals surface area contributed by atoms with E-state index in [0.717, 1.165) is 11.1 Å². The SMILES string of the molecule is COc1ccc([C@@H](C[N+](=O)[O-])C(C(=O)/C=C/c2ccccc2)C(=O)/C=C/c2ccccc2)cc1. The van der Waals surface area contributed by atoms with Crippen LogP contribution >= 0.6 is 0 Å². The highest BCUT2D eigenvalue weighted by Crippen LogP contribution is 2.30. The molecule has 6 nitrogen and oxygen atoms in total. The molecular weight excluding hydrogens is 430 g/mol. The molecule has 1 atom stereocenters. The summed E-state index contributed by atoms with van der Waals surface area (Å²) in [6, 6.07) is 25.0. The molecule has 0 fully saturated rings. The van der Waals surface area contributed by atoms with Gasteiger partial charge < -0.3 is 4.74 Å². The lowest BCUT2D eigenvalue weighted by molar-refractivity contribution is -0.484. The summed E-state index contributed by atoms with van der Waals surface area (Å²) in [5.41, 5.74) is 2.10. The Morgan fingerprint density at radius 3 is 1.71 bits per heavy atom. The fraction of sp³-hybridized carbons (Fsp3) is 0.143. The average molecular weight is 456 g/mol. The van der Waals surface area contributed by atoms with Crippen molar-refractivity contribution in [2.45, 2.75) is 5.92 Å². The van der Waals surface area contributed by atoms with Crippen LogP contribution in [0.5, 0.6) is 5.75 Å². The summed E-state index contributed by atoms with van der Waals surface area (Å²) in [5.74, 6) is -2.60. The van der Waals surface area contributed by atoms with Crippen LogP contribution in [0.25, 0.3) is 12.2 Å². The zero-order valence-corrected chi connectivity index (χ0v) is 18.7. The van der Waals surface area contributed by atoms with E-state index in [2.05, 4.69) is 0 Å². The average Bonchev–Trinajstić information content (AvgIpc) is 2.87. The molecule has 3 aromatic carbocycles. The first-order chi connectivity index (χ1) is 16.5. The molecule has 6 heteroatoms. The number of methoxy groups -OCH3 is 1. The third kappa shape index (κ3) is 6.84. The molecule has 0 radical (unpaired) electrons. The van der Waals surface area contributed by atoms with Gasteiger partial charge in [0.15, 0.2) is 11.6 Å². The maximum Gasteiger partial charge on any atom is 0.211 e. The van der Waals surface area contributed by atoms with Gasteiger partial charge in [0.2, 0.25) is 6.54 Å². The number of carbonyl (C=O) groups is 2. The minimum absolute atomic E-state index is 0.491. The Morgan fingerprint density at radius 2 is 1.29 bits per heavy atom. The van der Waals surface area contributed by atoms with Crippen molar-refractivity contribution in [1.29, 1.82) is 0 Å². The Morgan fingerprint density at radius 1 is 0.824 bits per heavy atom. The van der Waals surface area contributed by atoms with Gasteiger partial charge in [-0.15, -0.1) is 0 Å². The standard InChI is InChI=1S/C28H25NO5/c1-34-24-16-14-23(15-17-24)25(20-29(32)33)28(26(30)18-12-21-8-4-2-5-9-21)27(31)19-13-22-10-6-3-7-11-22/h2-19,25,28H,20H2,1H3/b18-12+,19-13+/t25-/m1/s1. The van der Waals surface area contributed by atoms with Gasteiger partial charge in [0.25, 0.3) is 0 Å². The molecule has 0 bridgehead atoms. The van der Waals surface area contributed by atoms with Gasteiger partial charge in [-0.05, 0) is 41.0 Å². The summed E-state index contributed by atoms with van der Waals surface area (Å²) in [5, 5.41) is 11.5. The zero-order chi connectivity index (χ0) is 24.3. The number of rotatable bonds is 11. The first-order valence-electron chi connectivity index (χ1n) is 10.8. The lowest BCUT2D eigenvalue weighted by atomic mass is 9.80. The van der Waals surface area contributed by atoms with E-state index < -0.39 is 34.9 Å². The summed E-state index contributed by atoms with van der Waals surface area (Å²) in [6.45, 7) is -0.563. The van der Waals surface area contributed by atoms with Crippen molar-refractivity contribution < 1.29 is 19.2 Å².